The molecule has 2 rings (SSSR count). The number of non-ortho nitro benzene ring substituents is 1. The molecule has 0 aliphatic carbocycles. The van der Waals surface area contributed by atoms with Crippen LogP contribution in [0.3, 0.4) is 0 Å². The SMILES string of the molecule is CC(C)(C)C(=O)OC[C@H]1O[C@@H](N[C@@H](C/C=C/C=O)c2ccc([N+](=O)[O-])cc2)[C@H](OC(=O)C(C)(C)C)[C@@H](OC(=O)C(C)(C)C)[C@H]1OC(=O)C(C)(C)C. The van der Waals surface area contributed by atoms with Crippen LogP contribution in [0.5, 0.6) is 0 Å². The molecule has 1 aromatic rings. The summed E-state index contributed by atoms with van der Waals surface area (Å²) in [5.74, 6) is -2.65. The third-order valence-corrected chi connectivity index (χ3v) is 7.65. The highest BCUT2D eigenvalue weighted by molar-refractivity contribution is 5.78. The fourth-order valence-corrected chi connectivity index (χ4v) is 4.46. The van der Waals surface area contributed by atoms with E-state index in [1.807, 2.05) is 0 Å². The molecule has 0 unspecified atom stereocenters. The molecule has 0 saturated carbocycles. The van der Waals surface area contributed by atoms with Crippen molar-refractivity contribution in [3.63, 3.8) is 0 Å². The number of benzene rings is 1. The zero-order valence-corrected chi connectivity index (χ0v) is 31.8. The van der Waals surface area contributed by atoms with Crippen LogP contribution in [0.2, 0.25) is 0 Å². The zero-order chi connectivity index (χ0) is 39.1. The third kappa shape index (κ3) is 12.5. The number of nitro benzene ring substituents is 1. The third-order valence-electron chi connectivity index (χ3n) is 7.65. The lowest BCUT2D eigenvalue weighted by atomic mass is 9.92. The first-order valence-electron chi connectivity index (χ1n) is 16.8. The van der Waals surface area contributed by atoms with Crippen LogP contribution >= 0.6 is 0 Å². The van der Waals surface area contributed by atoms with Gasteiger partial charge in [0.15, 0.2) is 24.5 Å². The van der Waals surface area contributed by atoms with E-state index < -0.39 is 93.8 Å². The van der Waals surface area contributed by atoms with E-state index in [0.717, 1.165) is 0 Å². The second-order valence-corrected chi connectivity index (χ2v) is 16.7. The van der Waals surface area contributed by atoms with Crippen LogP contribution in [0, 0.1) is 31.8 Å². The number of nitrogens with one attached hydrogen (secondary N) is 1. The van der Waals surface area contributed by atoms with E-state index in [1.54, 1.807) is 89.2 Å². The first-order valence-corrected chi connectivity index (χ1v) is 16.8. The molecule has 1 N–H and O–H groups in total. The number of aldehydes is 1. The van der Waals surface area contributed by atoms with Crippen molar-refractivity contribution in [1.29, 1.82) is 0 Å². The minimum atomic E-state index is -1.47. The molecule has 1 saturated heterocycles. The molecule has 51 heavy (non-hydrogen) atoms. The number of rotatable bonds is 12. The van der Waals surface area contributed by atoms with Crippen LogP contribution in [-0.2, 0) is 47.7 Å². The summed E-state index contributed by atoms with van der Waals surface area (Å²) in [5, 5.41) is 14.6. The Morgan fingerprint density at radius 2 is 1.22 bits per heavy atom. The topological polar surface area (TPSA) is 187 Å². The van der Waals surface area contributed by atoms with Crippen LogP contribution in [0.15, 0.2) is 36.4 Å². The molecule has 0 spiro atoms. The molecule has 1 fully saturated rings. The number of ether oxygens (including phenoxy) is 5. The van der Waals surface area contributed by atoms with Gasteiger partial charge in [-0.05, 0) is 101 Å². The second-order valence-electron chi connectivity index (χ2n) is 16.7. The van der Waals surface area contributed by atoms with Gasteiger partial charge in [0, 0.05) is 18.2 Å². The standard InChI is InChI=1S/C37H54N2O12/c1-34(2,3)30(41)47-21-25-26(49-31(42)35(4,5)6)27(50-32(43)36(7,8)9)28(51-33(44)37(10,11)12)29(48-25)38-24(15-13-14-20-40)22-16-18-23(19-17-22)39(45)46/h13-14,16-20,24-29,38H,15,21H2,1-12H3/b14-13+/t24-,25+,26-,27-,28+,29+/m0/s1. The average Bonchev–Trinajstić information content (AvgIpc) is 2.99. The summed E-state index contributed by atoms with van der Waals surface area (Å²) < 4.78 is 30.3. The summed E-state index contributed by atoms with van der Waals surface area (Å²) in [6, 6.07) is 4.97. The minimum Gasteiger partial charge on any atom is -0.462 e. The largest absolute Gasteiger partial charge is 0.462 e. The van der Waals surface area contributed by atoms with Crippen molar-refractivity contribution in [1.82, 2.24) is 5.32 Å². The first-order chi connectivity index (χ1) is 23.3. The quantitative estimate of drug-likeness (QED) is 0.0708. The number of carbonyl (C=O) groups excluding carboxylic acids is 5. The molecular weight excluding hydrogens is 664 g/mol. The maximum absolute atomic E-state index is 13.6. The fraction of sp³-hybridized carbons (Fsp3) is 0.649. The Hall–Kier alpha value is -4.17. The van der Waals surface area contributed by atoms with Gasteiger partial charge in [0.05, 0.1) is 26.6 Å². The molecule has 0 aromatic heterocycles. The normalized spacial score (nSPS) is 22.1. The van der Waals surface area contributed by atoms with E-state index in [1.165, 1.54) is 30.3 Å². The lowest BCUT2D eigenvalue weighted by Crippen LogP contribution is -2.66. The number of carbonyl (C=O) groups is 5. The Labute approximate surface area is 300 Å². The smallest absolute Gasteiger partial charge is 0.311 e. The van der Waals surface area contributed by atoms with Gasteiger partial charge in [0.25, 0.3) is 5.69 Å². The number of nitrogens with zero attached hydrogens (tertiary/aromatic N) is 1. The summed E-state index contributed by atoms with van der Waals surface area (Å²) >= 11 is 0. The molecule has 1 aromatic carbocycles. The van der Waals surface area contributed by atoms with Gasteiger partial charge in [-0.15, -0.1) is 0 Å². The van der Waals surface area contributed by atoms with E-state index in [-0.39, 0.29) is 12.1 Å². The van der Waals surface area contributed by atoms with E-state index in [0.29, 0.717) is 11.8 Å². The summed E-state index contributed by atoms with van der Waals surface area (Å²) in [7, 11) is 0. The van der Waals surface area contributed by atoms with E-state index in [2.05, 4.69) is 5.32 Å². The predicted octanol–water partition coefficient (Wildman–Crippen LogP) is 5.56. The van der Waals surface area contributed by atoms with Crippen molar-refractivity contribution >= 4 is 35.9 Å². The van der Waals surface area contributed by atoms with Gasteiger partial charge in [-0.1, -0.05) is 18.2 Å². The van der Waals surface area contributed by atoms with Crippen LogP contribution in [0.1, 0.15) is 101 Å². The molecule has 1 aliphatic rings. The Bertz CT molecular complexity index is 1440. The van der Waals surface area contributed by atoms with Gasteiger partial charge in [-0.2, -0.15) is 0 Å². The summed E-state index contributed by atoms with van der Waals surface area (Å²) in [6.07, 6.45) is -3.27. The molecular formula is C37H54N2O12. The Kier molecular flexibility index (Phi) is 14.2. The number of allylic oxidation sites excluding steroid dienone is 1. The van der Waals surface area contributed by atoms with Gasteiger partial charge in [0.1, 0.15) is 19.0 Å². The van der Waals surface area contributed by atoms with Crippen molar-refractivity contribution in [2.24, 2.45) is 21.7 Å². The molecule has 14 heteroatoms. The molecule has 1 heterocycles. The monoisotopic (exact) mass is 718 g/mol. The minimum absolute atomic E-state index is 0.148. The lowest BCUT2D eigenvalue weighted by Gasteiger charge is -2.47. The molecule has 14 nitrogen and oxygen atoms in total. The highest BCUT2D eigenvalue weighted by atomic mass is 16.7. The second kappa shape index (κ2) is 16.9. The van der Waals surface area contributed by atoms with E-state index in [9.17, 15) is 34.1 Å². The zero-order valence-electron chi connectivity index (χ0n) is 31.8. The van der Waals surface area contributed by atoms with Crippen molar-refractivity contribution in [3.05, 3.63) is 52.1 Å². The van der Waals surface area contributed by atoms with E-state index >= 15 is 0 Å². The maximum Gasteiger partial charge on any atom is 0.311 e. The molecule has 284 valence electrons. The van der Waals surface area contributed by atoms with Gasteiger partial charge >= 0.3 is 23.9 Å². The summed E-state index contributed by atoms with van der Waals surface area (Å²) in [4.78, 5) is 75.4. The molecule has 0 amide bonds. The first kappa shape index (κ1) is 43.0. The van der Waals surface area contributed by atoms with Crippen LogP contribution in [0.25, 0.3) is 0 Å². The molecule has 0 radical (unpaired) electrons. The lowest BCUT2D eigenvalue weighted by molar-refractivity contribution is -0.384. The summed E-state index contributed by atoms with van der Waals surface area (Å²) in [5.41, 5.74) is -3.62. The van der Waals surface area contributed by atoms with Crippen molar-refractivity contribution in [2.75, 3.05) is 6.61 Å². The number of esters is 4. The number of hydrogen-bond acceptors (Lipinski definition) is 13. The number of hydrogen-bond donors (Lipinski definition) is 1. The van der Waals surface area contributed by atoms with Crippen LogP contribution in [0.4, 0.5) is 5.69 Å². The highest BCUT2D eigenvalue weighted by Gasteiger charge is 2.55. The van der Waals surface area contributed by atoms with Gasteiger partial charge in [-0.3, -0.25) is 39.4 Å². The Balaban J connectivity index is 2.83. The van der Waals surface area contributed by atoms with Crippen molar-refractivity contribution in [3.8, 4) is 0 Å². The van der Waals surface area contributed by atoms with Crippen LogP contribution in [-0.4, -0.2) is 72.3 Å². The fourth-order valence-electron chi connectivity index (χ4n) is 4.46. The molecule has 6 atom stereocenters. The Morgan fingerprint density at radius 1 is 0.765 bits per heavy atom. The maximum atomic E-state index is 13.6. The molecule has 0 bridgehead atoms. The van der Waals surface area contributed by atoms with Gasteiger partial charge in [0.2, 0.25) is 0 Å². The van der Waals surface area contributed by atoms with Gasteiger partial charge in [-0.25, -0.2) is 0 Å². The molecule has 1 aliphatic heterocycles. The Morgan fingerprint density at radius 3 is 1.65 bits per heavy atom. The van der Waals surface area contributed by atoms with E-state index in [4.69, 9.17) is 23.7 Å². The van der Waals surface area contributed by atoms with Crippen molar-refractivity contribution in [2.45, 2.75) is 126 Å². The predicted molar refractivity (Wildman–Crippen MR) is 186 cm³/mol. The summed E-state index contributed by atoms with van der Waals surface area (Å²) in [6.45, 7) is 19.2. The highest BCUT2D eigenvalue weighted by Crippen LogP contribution is 2.35. The average molecular weight is 719 g/mol. The van der Waals surface area contributed by atoms with Crippen molar-refractivity contribution < 1.29 is 52.6 Å². The van der Waals surface area contributed by atoms with Crippen LogP contribution < -0.4 is 5.32 Å². The number of nitro groups is 1. The van der Waals surface area contributed by atoms with Gasteiger partial charge < -0.3 is 23.7 Å².